The number of carbonyl (C=O) groups is 1. The predicted molar refractivity (Wildman–Crippen MR) is 64.2 cm³/mol. The van der Waals surface area contributed by atoms with Gasteiger partial charge in [0.15, 0.2) is 0 Å². The van der Waals surface area contributed by atoms with Crippen molar-refractivity contribution in [3.05, 3.63) is 16.1 Å². The molecule has 88 valence electrons. The molecular formula is C11H17N3OS. The van der Waals surface area contributed by atoms with Crippen LogP contribution in [-0.2, 0) is 4.79 Å². The number of likely N-dealkylation sites (N-methyl/N-ethyl adjacent to an activating group) is 1. The highest BCUT2D eigenvalue weighted by Gasteiger charge is 2.32. The molecular weight excluding hydrogens is 222 g/mol. The van der Waals surface area contributed by atoms with Crippen LogP contribution in [0.25, 0.3) is 0 Å². The van der Waals surface area contributed by atoms with Crippen molar-refractivity contribution in [1.82, 2.24) is 9.88 Å². The lowest BCUT2D eigenvalue weighted by Crippen LogP contribution is -2.39. The fourth-order valence-electron chi connectivity index (χ4n) is 2.12. The Balaban J connectivity index is 2.31. The van der Waals surface area contributed by atoms with Crippen molar-refractivity contribution in [2.45, 2.75) is 38.3 Å². The fraction of sp³-hybridized carbons (Fsp3) is 0.636. The summed E-state index contributed by atoms with van der Waals surface area (Å²) in [6.45, 7) is 1.96. The summed E-state index contributed by atoms with van der Waals surface area (Å²) in [7, 11) is 1.83. The first kappa shape index (κ1) is 11.5. The zero-order valence-electron chi connectivity index (χ0n) is 9.64. The Morgan fingerprint density at radius 2 is 2.38 bits per heavy atom. The summed E-state index contributed by atoms with van der Waals surface area (Å²) in [6, 6.07) is -0.0456. The Hall–Kier alpha value is -0.940. The molecule has 1 amide bonds. The molecule has 0 radical (unpaired) electrons. The maximum absolute atomic E-state index is 11.8. The first-order chi connectivity index (χ1) is 7.59. The lowest BCUT2D eigenvalue weighted by atomic mass is 10.1. The zero-order valence-corrected chi connectivity index (χ0v) is 10.5. The van der Waals surface area contributed by atoms with Crippen molar-refractivity contribution in [2.75, 3.05) is 7.05 Å². The van der Waals surface area contributed by atoms with Gasteiger partial charge in [0.1, 0.15) is 5.01 Å². The second-order valence-corrected chi connectivity index (χ2v) is 5.22. The van der Waals surface area contributed by atoms with Crippen LogP contribution in [0.5, 0.6) is 0 Å². The minimum absolute atomic E-state index is 0.00185. The number of hydrogen-bond donors (Lipinski definition) is 1. The van der Waals surface area contributed by atoms with E-state index in [0.29, 0.717) is 6.42 Å². The van der Waals surface area contributed by atoms with E-state index in [1.807, 2.05) is 19.4 Å². The van der Waals surface area contributed by atoms with Crippen LogP contribution in [0.2, 0.25) is 0 Å². The van der Waals surface area contributed by atoms with Crippen LogP contribution in [-0.4, -0.2) is 28.9 Å². The maximum atomic E-state index is 11.8. The van der Waals surface area contributed by atoms with Gasteiger partial charge in [0.05, 0.1) is 6.04 Å². The predicted octanol–water partition coefficient (Wildman–Crippen LogP) is 1.46. The van der Waals surface area contributed by atoms with E-state index in [4.69, 9.17) is 5.73 Å². The molecule has 1 saturated heterocycles. The number of likely N-dealkylation sites (tertiary alicyclic amines) is 1. The Bertz CT molecular complexity index is 390. The highest BCUT2D eigenvalue weighted by atomic mass is 32.1. The number of amides is 1. The van der Waals surface area contributed by atoms with Gasteiger partial charge in [-0.1, -0.05) is 0 Å². The number of nitrogens with two attached hydrogens (primary N) is 1. The van der Waals surface area contributed by atoms with Crippen molar-refractivity contribution in [3.8, 4) is 0 Å². The number of hydrogen-bond acceptors (Lipinski definition) is 4. The molecule has 2 unspecified atom stereocenters. The molecule has 5 heteroatoms. The molecule has 16 heavy (non-hydrogen) atoms. The number of nitrogens with zero attached hydrogens (tertiary/aromatic N) is 2. The van der Waals surface area contributed by atoms with Gasteiger partial charge in [-0.15, -0.1) is 11.3 Å². The lowest BCUT2D eigenvalue weighted by molar-refractivity contribution is -0.131. The van der Waals surface area contributed by atoms with Crippen molar-refractivity contribution >= 4 is 17.2 Å². The second-order valence-electron chi connectivity index (χ2n) is 4.33. The van der Waals surface area contributed by atoms with Gasteiger partial charge in [-0.3, -0.25) is 4.79 Å². The molecule has 2 atom stereocenters. The van der Waals surface area contributed by atoms with Gasteiger partial charge in [0, 0.05) is 30.6 Å². The first-order valence-electron chi connectivity index (χ1n) is 5.53. The molecule has 0 bridgehead atoms. The van der Waals surface area contributed by atoms with E-state index in [-0.39, 0.29) is 18.0 Å². The Labute approximate surface area is 99.5 Å². The molecule has 0 spiro atoms. The molecule has 1 fully saturated rings. The summed E-state index contributed by atoms with van der Waals surface area (Å²) in [4.78, 5) is 18.0. The van der Waals surface area contributed by atoms with E-state index < -0.39 is 0 Å². The molecule has 1 aromatic heterocycles. The molecule has 2 rings (SSSR count). The first-order valence-corrected chi connectivity index (χ1v) is 6.41. The second kappa shape index (κ2) is 4.51. The van der Waals surface area contributed by atoms with Gasteiger partial charge in [-0.25, -0.2) is 4.98 Å². The highest BCUT2D eigenvalue weighted by molar-refractivity contribution is 7.09. The van der Waals surface area contributed by atoms with E-state index >= 15 is 0 Å². The third kappa shape index (κ3) is 2.10. The van der Waals surface area contributed by atoms with Crippen molar-refractivity contribution in [3.63, 3.8) is 0 Å². The zero-order chi connectivity index (χ0) is 11.7. The molecule has 0 aromatic carbocycles. The van der Waals surface area contributed by atoms with Crippen LogP contribution >= 0.6 is 11.3 Å². The smallest absolute Gasteiger partial charge is 0.222 e. The normalized spacial score (nSPS) is 26.9. The van der Waals surface area contributed by atoms with E-state index in [9.17, 15) is 4.79 Å². The number of aryl methyl sites for hydroxylation is 1. The third-order valence-corrected chi connectivity index (χ3v) is 4.07. The molecule has 1 aliphatic heterocycles. The van der Waals surface area contributed by atoms with Gasteiger partial charge in [-0.05, 0) is 19.8 Å². The van der Waals surface area contributed by atoms with Crippen LogP contribution in [0, 0.1) is 6.92 Å². The maximum Gasteiger partial charge on any atom is 0.222 e. The highest BCUT2D eigenvalue weighted by Crippen LogP contribution is 2.30. The quantitative estimate of drug-likeness (QED) is 0.807. The van der Waals surface area contributed by atoms with E-state index in [1.165, 1.54) is 0 Å². The van der Waals surface area contributed by atoms with Gasteiger partial charge >= 0.3 is 0 Å². The van der Waals surface area contributed by atoms with Crippen molar-refractivity contribution in [2.24, 2.45) is 5.73 Å². The van der Waals surface area contributed by atoms with Crippen LogP contribution in [0.1, 0.15) is 36.0 Å². The lowest BCUT2D eigenvalue weighted by Gasteiger charge is -2.28. The summed E-state index contributed by atoms with van der Waals surface area (Å²) in [6.07, 6.45) is 2.37. The molecule has 0 aliphatic carbocycles. The number of aromatic nitrogens is 1. The minimum Gasteiger partial charge on any atom is -0.335 e. The summed E-state index contributed by atoms with van der Waals surface area (Å²) in [5, 5.41) is 2.97. The number of thiazole rings is 1. The topological polar surface area (TPSA) is 59.2 Å². The molecule has 2 heterocycles. The minimum atomic E-state index is -0.0475. The van der Waals surface area contributed by atoms with Crippen LogP contribution in [0.4, 0.5) is 0 Å². The summed E-state index contributed by atoms with van der Waals surface area (Å²) in [5.41, 5.74) is 7.14. The molecule has 2 N–H and O–H groups in total. The van der Waals surface area contributed by atoms with Crippen LogP contribution in [0.3, 0.4) is 0 Å². The Kier molecular flexibility index (Phi) is 3.25. The number of rotatable bonds is 1. The van der Waals surface area contributed by atoms with E-state index in [1.54, 1.807) is 16.2 Å². The molecule has 1 aromatic rings. The van der Waals surface area contributed by atoms with Crippen molar-refractivity contribution < 1.29 is 4.79 Å². The Morgan fingerprint density at radius 1 is 1.62 bits per heavy atom. The third-order valence-electron chi connectivity index (χ3n) is 3.03. The summed E-state index contributed by atoms with van der Waals surface area (Å²) in [5.74, 6) is 0.172. The Morgan fingerprint density at radius 3 is 3.00 bits per heavy atom. The SMILES string of the molecule is Cc1csc(C2C(N)CCCC(=O)N2C)n1. The largest absolute Gasteiger partial charge is 0.335 e. The number of carbonyl (C=O) groups excluding carboxylic acids is 1. The molecule has 0 saturated carbocycles. The summed E-state index contributed by atoms with van der Waals surface area (Å²) >= 11 is 1.59. The average molecular weight is 239 g/mol. The van der Waals surface area contributed by atoms with E-state index in [2.05, 4.69) is 4.98 Å². The van der Waals surface area contributed by atoms with Crippen LogP contribution < -0.4 is 5.73 Å². The van der Waals surface area contributed by atoms with E-state index in [0.717, 1.165) is 23.5 Å². The average Bonchev–Trinajstić information content (AvgIpc) is 2.59. The van der Waals surface area contributed by atoms with Gasteiger partial charge in [0.25, 0.3) is 0 Å². The van der Waals surface area contributed by atoms with Gasteiger partial charge < -0.3 is 10.6 Å². The summed E-state index contributed by atoms with van der Waals surface area (Å²) < 4.78 is 0. The monoisotopic (exact) mass is 239 g/mol. The van der Waals surface area contributed by atoms with Crippen LogP contribution in [0.15, 0.2) is 5.38 Å². The standard InChI is InChI=1S/C11H17N3OS/c1-7-6-16-11(13-7)10-8(12)4-3-5-9(15)14(10)2/h6,8,10H,3-5,12H2,1-2H3. The molecule has 4 nitrogen and oxygen atoms in total. The fourth-order valence-corrected chi connectivity index (χ4v) is 3.14. The molecule has 1 aliphatic rings. The van der Waals surface area contributed by atoms with Gasteiger partial charge in [0.2, 0.25) is 5.91 Å². The van der Waals surface area contributed by atoms with Gasteiger partial charge in [-0.2, -0.15) is 0 Å². The van der Waals surface area contributed by atoms with Crippen molar-refractivity contribution in [1.29, 1.82) is 0 Å².